The van der Waals surface area contributed by atoms with Crippen molar-refractivity contribution in [2.45, 2.75) is 6.18 Å². The maximum Gasteiger partial charge on any atom is 0.417 e. The number of nitrogens with one attached hydrogen (secondary N) is 2. The Labute approximate surface area is 183 Å². The van der Waals surface area contributed by atoms with Gasteiger partial charge in [-0.2, -0.15) is 13.2 Å². The second-order valence-corrected chi connectivity index (χ2v) is 9.14. The fraction of sp³-hybridized carbons (Fsp3) is 0.130. The molecule has 0 saturated heterocycles. The zero-order valence-corrected chi connectivity index (χ0v) is 18.1. The second-order valence-electron chi connectivity index (χ2n) is 7.39. The van der Waals surface area contributed by atoms with E-state index in [2.05, 4.69) is 10.0 Å². The zero-order chi connectivity index (χ0) is 23.1. The van der Waals surface area contributed by atoms with Crippen LogP contribution in [0.25, 0.3) is 27.7 Å². The topological polar surface area (TPSA) is 63.1 Å². The quantitative estimate of drug-likeness (QED) is 0.401. The number of aromatic nitrogens is 1. The van der Waals surface area contributed by atoms with Gasteiger partial charge in [-0.25, -0.2) is 8.42 Å². The number of anilines is 2. The standard InChI is InChI=1S/C23H20F3N3O2S/c1-27-17-8-9-20(21(13-17)23(24,25)26)16-4-3-5-19(12-16)29-11-10-15-6-7-18(14-22(15)29)28-32(2,30)31/h3-14,27-28H,1-2H3. The summed E-state index contributed by atoms with van der Waals surface area (Å²) < 4.78 is 68.6. The first-order valence-corrected chi connectivity index (χ1v) is 11.5. The first-order chi connectivity index (χ1) is 15.0. The van der Waals surface area contributed by atoms with Crippen molar-refractivity contribution >= 4 is 32.3 Å². The van der Waals surface area contributed by atoms with Crippen molar-refractivity contribution in [1.29, 1.82) is 0 Å². The van der Waals surface area contributed by atoms with E-state index >= 15 is 0 Å². The molecule has 0 amide bonds. The number of sulfonamides is 1. The molecular weight excluding hydrogens is 439 g/mol. The average molecular weight is 459 g/mol. The molecule has 0 bridgehead atoms. The summed E-state index contributed by atoms with van der Waals surface area (Å²) in [6.45, 7) is 0. The molecule has 9 heteroatoms. The second kappa shape index (κ2) is 7.90. The van der Waals surface area contributed by atoms with Crippen LogP contribution in [0.4, 0.5) is 24.5 Å². The molecule has 0 aliphatic heterocycles. The van der Waals surface area contributed by atoms with Crippen LogP contribution in [0.5, 0.6) is 0 Å². The lowest BCUT2D eigenvalue weighted by Gasteiger charge is -2.16. The summed E-state index contributed by atoms with van der Waals surface area (Å²) in [5, 5.41) is 3.61. The van der Waals surface area contributed by atoms with Crippen molar-refractivity contribution in [1.82, 2.24) is 4.57 Å². The normalized spacial score (nSPS) is 12.2. The van der Waals surface area contributed by atoms with Crippen LogP contribution in [0.3, 0.4) is 0 Å². The Kier molecular flexibility index (Phi) is 5.37. The van der Waals surface area contributed by atoms with Crippen LogP contribution in [0.15, 0.2) is 72.9 Å². The SMILES string of the molecule is CNc1ccc(-c2cccc(-n3ccc4ccc(NS(C)(=O)=O)cc43)c2)c(C(F)(F)F)c1. The van der Waals surface area contributed by atoms with Gasteiger partial charge < -0.3 is 9.88 Å². The molecule has 0 atom stereocenters. The van der Waals surface area contributed by atoms with Crippen molar-refractivity contribution < 1.29 is 21.6 Å². The molecule has 2 N–H and O–H groups in total. The zero-order valence-electron chi connectivity index (χ0n) is 17.2. The van der Waals surface area contributed by atoms with E-state index in [1.165, 1.54) is 6.07 Å². The van der Waals surface area contributed by atoms with Crippen LogP contribution < -0.4 is 10.0 Å². The summed E-state index contributed by atoms with van der Waals surface area (Å²) in [4.78, 5) is 0. The van der Waals surface area contributed by atoms with Gasteiger partial charge in [0.25, 0.3) is 0 Å². The highest BCUT2D eigenvalue weighted by Gasteiger charge is 2.34. The van der Waals surface area contributed by atoms with Gasteiger partial charge in [0, 0.05) is 30.0 Å². The van der Waals surface area contributed by atoms with E-state index in [0.717, 1.165) is 23.2 Å². The average Bonchev–Trinajstić information content (AvgIpc) is 3.15. The van der Waals surface area contributed by atoms with Crippen LogP contribution in [-0.2, 0) is 16.2 Å². The molecule has 0 saturated carbocycles. The van der Waals surface area contributed by atoms with Gasteiger partial charge in [-0.05, 0) is 53.6 Å². The van der Waals surface area contributed by atoms with Gasteiger partial charge in [0.1, 0.15) is 0 Å². The van der Waals surface area contributed by atoms with Gasteiger partial charge in [0.2, 0.25) is 10.0 Å². The summed E-state index contributed by atoms with van der Waals surface area (Å²) >= 11 is 0. The molecule has 4 aromatic rings. The molecule has 166 valence electrons. The molecule has 1 aromatic heterocycles. The summed E-state index contributed by atoms with van der Waals surface area (Å²) in [5.74, 6) is 0. The monoisotopic (exact) mass is 459 g/mol. The lowest BCUT2D eigenvalue weighted by Crippen LogP contribution is -2.09. The van der Waals surface area contributed by atoms with Gasteiger partial charge in [0.05, 0.1) is 23.0 Å². The molecule has 32 heavy (non-hydrogen) atoms. The van der Waals surface area contributed by atoms with Crippen LogP contribution >= 0.6 is 0 Å². The van der Waals surface area contributed by atoms with E-state index in [9.17, 15) is 21.6 Å². The van der Waals surface area contributed by atoms with Crippen molar-refractivity contribution in [2.75, 3.05) is 23.3 Å². The minimum Gasteiger partial charge on any atom is -0.388 e. The first kappa shape index (κ1) is 21.8. The van der Waals surface area contributed by atoms with Crippen molar-refractivity contribution in [3.8, 4) is 16.8 Å². The van der Waals surface area contributed by atoms with E-state index in [-0.39, 0.29) is 5.56 Å². The maximum atomic E-state index is 13.7. The van der Waals surface area contributed by atoms with Crippen LogP contribution in [0, 0.1) is 0 Å². The van der Waals surface area contributed by atoms with Gasteiger partial charge in [0.15, 0.2) is 0 Å². The lowest BCUT2D eigenvalue weighted by atomic mass is 9.98. The number of nitrogens with zero attached hydrogens (tertiary/aromatic N) is 1. The van der Waals surface area contributed by atoms with Crippen molar-refractivity contribution in [2.24, 2.45) is 0 Å². The molecule has 1 heterocycles. The lowest BCUT2D eigenvalue weighted by molar-refractivity contribution is -0.137. The highest BCUT2D eigenvalue weighted by Crippen LogP contribution is 2.39. The predicted octanol–water partition coefficient (Wildman–Crippen LogP) is 5.73. The number of rotatable bonds is 5. The van der Waals surface area contributed by atoms with Crippen molar-refractivity contribution in [3.63, 3.8) is 0 Å². The minimum absolute atomic E-state index is 0.0780. The Bertz CT molecular complexity index is 1410. The van der Waals surface area contributed by atoms with E-state index in [1.54, 1.807) is 61.8 Å². The summed E-state index contributed by atoms with van der Waals surface area (Å²) in [7, 11) is -1.88. The third-order valence-electron chi connectivity index (χ3n) is 5.05. The van der Waals surface area contributed by atoms with Crippen LogP contribution in [-0.4, -0.2) is 26.3 Å². The fourth-order valence-corrected chi connectivity index (χ4v) is 4.20. The molecule has 3 aromatic carbocycles. The number of fused-ring (bicyclic) bond motifs is 1. The Hall–Kier alpha value is -3.46. The van der Waals surface area contributed by atoms with E-state index in [4.69, 9.17) is 0 Å². The molecule has 0 spiro atoms. The van der Waals surface area contributed by atoms with E-state index < -0.39 is 21.8 Å². The molecule has 0 aliphatic rings. The third kappa shape index (κ3) is 4.43. The molecular formula is C23H20F3N3O2S. The van der Waals surface area contributed by atoms with Gasteiger partial charge in [-0.15, -0.1) is 0 Å². The van der Waals surface area contributed by atoms with Gasteiger partial charge >= 0.3 is 6.18 Å². The van der Waals surface area contributed by atoms with Gasteiger partial charge in [-0.1, -0.05) is 24.3 Å². The number of hydrogen-bond donors (Lipinski definition) is 2. The number of hydrogen-bond acceptors (Lipinski definition) is 3. The van der Waals surface area contributed by atoms with E-state index in [1.807, 2.05) is 10.6 Å². The first-order valence-electron chi connectivity index (χ1n) is 9.64. The molecule has 0 aliphatic carbocycles. The molecule has 5 nitrogen and oxygen atoms in total. The van der Waals surface area contributed by atoms with Gasteiger partial charge in [-0.3, -0.25) is 4.72 Å². The predicted molar refractivity (Wildman–Crippen MR) is 122 cm³/mol. The molecule has 0 fully saturated rings. The summed E-state index contributed by atoms with van der Waals surface area (Å²) in [5.41, 5.74) is 1.92. The van der Waals surface area contributed by atoms with Crippen molar-refractivity contribution in [3.05, 3.63) is 78.5 Å². The smallest absolute Gasteiger partial charge is 0.388 e. The molecule has 0 radical (unpaired) electrons. The Morgan fingerprint density at radius 1 is 0.906 bits per heavy atom. The molecule has 0 unspecified atom stereocenters. The maximum absolute atomic E-state index is 13.7. The number of benzene rings is 3. The Morgan fingerprint density at radius 3 is 2.34 bits per heavy atom. The highest BCUT2D eigenvalue weighted by atomic mass is 32.2. The summed E-state index contributed by atoms with van der Waals surface area (Å²) in [6.07, 6.45) is -1.65. The third-order valence-corrected chi connectivity index (χ3v) is 5.65. The largest absolute Gasteiger partial charge is 0.417 e. The fourth-order valence-electron chi connectivity index (χ4n) is 3.64. The molecule has 4 rings (SSSR count). The summed E-state index contributed by atoms with van der Waals surface area (Å²) in [6, 6.07) is 17.9. The van der Waals surface area contributed by atoms with E-state index in [0.29, 0.717) is 22.6 Å². The van der Waals surface area contributed by atoms with Crippen LogP contribution in [0.2, 0.25) is 0 Å². The minimum atomic E-state index is -4.51. The highest BCUT2D eigenvalue weighted by molar-refractivity contribution is 7.92. The number of alkyl halides is 3. The Morgan fingerprint density at radius 2 is 1.66 bits per heavy atom. The van der Waals surface area contributed by atoms with Crippen LogP contribution in [0.1, 0.15) is 5.56 Å². The Balaban J connectivity index is 1.83. The number of halogens is 3.